The Kier molecular flexibility index (Phi) is 6.75. The van der Waals surface area contributed by atoms with Gasteiger partial charge in [-0.3, -0.25) is 9.59 Å². The minimum Gasteiger partial charge on any atom is -0.327 e. The van der Waals surface area contributed by atoms with Crippen LogP contribution < -0.4 is 15.8 Å². The number of quaternary nitrogens is 1. The summed E-state index contributed by atoms with van der Waals surface area (Å²) >= 11 is 7.33. The van der Waals surface area contributed by atoms with Crippen molar-refractivity contribution in [3.63, 3.8) is 0 Å². The highest BCUT2D eigenvalue weighted by Crippen LogP contribution is 2.23. The molecule has 0 bridgehead atoms. The van der Waals surface area contributed by atoms with Crippen molar-refractivity contribution in [2.45, 2.75) is 31.6 Å². The maximum atomic E-state index is 12.7. The Balaban J connectivity index is 1.38. The molecule has 0 radical (unpaired) electrons. The van der Waals surface area contributed by atoms with Gasteiger partial charge in [-0.25, -0.2) is 4.98 Å². The molecule has 3 N–H and O–H groups in total. The normalized spacial score (nSPS) is 15.4. The van der Waals surface area contributed by atoms with Gasteiger partial charge in [0.05, 0.1) is 23.6 Å². The summed E-state index contributed by atoms with van der Waals surface area (Å²) in [6, 6.07) is 15.7. The van der Waals surface area contributed by atoms with Crippen LogP contribution >= 0.6 is 23.4 Å². The van der Waals surface area contributed by atoms with Crippen LogP contribution in [0.1, 0.15) is 22.4 Å². The number of aromatic amines is 1. The highest BCUT2D eigenvalue weighted by Gasteiger charge is 2.24. The molecule has 0 aliphatic carbocycles. The monoisotopic (exact) mass is 455 g/mol. The second kappa shape index (κ2) is 9.68. The number of nitrogens with zero attached hydrogens (tertiary/aromatic N) is 1. The molecule has 2 heterocycles. The minimum atomic E-state index is -0.172. The first-order valence-electron chi connectivity index (χ1n) is 10.2. The number of thioether (sulfide) groups is 1. The van der Waals surface area contributed by atoms with Gasteiger partial charge in [-0.2, -0.15) is 0 Å². The number of halogens is 1. The molecule has 0 saturated heterocycles. The number of benzene rings is 2. The number of hydrogen-bond acceptors (Lipinski definition) is 4. The fourth-order valence-corrected chi connectivity index (χ4v) is 4.57. The van der Waals surface area contributed by atoms with Crippen LogP contribution in [0, 0.1) is 6.92 Å². The Hall–Kier alpha value is -2.61. The van der Waals surface area contributed by atoms with E-state index in [2.05, 4.69) is 27.4 Å². The van der Waals surface area contributed by atoms with Gasteiger partial charge in [0.2, 0.25) is 5.91 Å². The summed E-state index contributed by atoms with van der Waals surface area (Å²) < 4.78 is 0. The van der Waals surface area contributed by atoms with Crippen LogP contribution in [0.5, 0.6) is 0 Å². The van der Waals surface area contributed by atoms with Crippen LogP contribution in [0.3, 0.4) is 0 Å². The highest BCUT2D eigenvalue weighted by molar-refractivity contribution is 7.99. The SMILES string of the molecule is Cc1c(Cl)cccc1NC(=O)CSc1nc2c(c(=O)[nH]1)C[NH+](Cc1ccccc1)CC2. The number of hydrogen-bond donors (Lipinski definition) is 3. The number of H-pyrrole nitrogens is 1. The number of rotatable bonds is 6. The molecule has 8 heteroatoms. The van der Waals surface area contributed by atoms with E-state index in [4.69, 9.17) is 11.6 Å². The number of fused-ring (bicyclic) bond motifs is 1. The molecule has 1 aromatic heterocycles. The third-order valence-electron chi connectivity index (χ3n) is 5.40. The summed E-state index contributed by atoms with van der Waals surface area (Å²) in [6.07, 6.45) is 0.753. The average Bonchev–Trinajstić information content (AvgIpc) is 2.77. The van der Waals surface area contributed by atoms with Crippen molar-refractivity contribution in [1.82, 2.24) is 9.97 Å². The fraction of sp³-hybridized carbons (Fsp3) is 0.261. The zero-order chi connectivity index (χ0) is 21.8. The van der Waals surface area contributed by atoms with Gasteiger partial charge in [-0.05, 0) is 24.6 Å². The Labute approximate surface area is 190 Å². The molecular weight excluding hydrogens is 432 g/mol. The topological polar surface area (TPSA) is 79.3 Å². The Morgan fingerprint density at radius 3 is 2.84 bits per heavy atom. The van der Waals surface area contributed by atoms with Crippen LogP contribution in [0.4, 0.5) is 5.69 Å². The molecule has 31 heavy (non-hydrogen) atoms. The number of carbonyl (C=O) groups excluding carboxylic acids is 1. The van der Waals surface area contributed by atoms with E-state index in [1.165, 1.54) is 22.2 Å². The average molecular weight is 456 g/mol. The first-order chi connectivity index (χ1) is 15.0. The van der Waals surface area contributed by atoms with E-state index >= 15 is 0 Å². The molecule has 4 rings (SSSR count). The number of aromatic nitrogens is 2. The van der Waals surface area contributed by atoms with Gasteiger partial charge in [0, 0.05) is 22.7 Å². The van der Waals surface area contributed by atoms with E-state index in [-0.39, 0.29) is 17.2 Å². The summed E-state index contributed by atoms with van der Waals surface area (Å²) in [5, 5.41) is 3.95. The van der Waals surface area contributed by atoms with Gasteiger partial charge in [0.15, 0.2) is 5.16 Å². The minimum absolute atomic E-state index is 0.108. The van der Waals surface area contributed by atoms with E-state index in [1.54, 1.807) is 12.1 Å². The number of amides is 1. The second-order valence-electron chi connectivity index (χ2n) is 7.63. The van der Waals surface area contributed by atoms with E-state index in [1.807, 2.05) is 31.2 Å². The molecule has 0 saturated carbocycles. The molecule has 6 nitrogen and oxygen atoms in total. The molecule has 1 atom stereocenters. The lowest BCUT2D eigenvalue weighted by atomic mass is 10.1. The molecule has 2 aromatic carbocycles. The van der Waals surface area contributed by atoms with Gasteiger partial charge in [0.1, 0.15) is 13.1 Å². The molecule has 1 amide bonds. The maximum absolute atomic E-state index is 12.7. The van der Waals surface area contributed by atoms with E-state index < -0.39 is 0 Å². The van der Waals surface area contributed by atoms with E-state index in [0.717, 1.165) is 36.3 Å². The molecule has 1 aliphatic rings. The van der Waals surface area contributed by atoms with E-state index in [0.29, 0.717) is 22.4 Å². The highest BCUT2D eigenvalue weighted by atomic mass is 35.5. The summed E-state index contributed by atoms with van der Waals surface area (Å²) in [7, 11) is 0. The molecule has 160 valence electrons. The maximum Gasteiger partial charge on any atom is 0.260 e. The van der Waals surface area contributed by atoms with Gasteiger partial charge in [-0.1, -0.05) is 59.8 Å². The number of nitrogens with one attached hydrogen (secondary N) is 3. The first kappa shape index (κ1) is 21.6. The molecular formula is C23H24ClN4O2S+. The number of anilines is 1. The molecule has 1 aliphatic heterocycles. The van der Waals surface area contributed by atoms with Crippen LogP contribution in [0.25, 0.3) is 0 Å². The first-order valence-corrected chi connectivity index (χ1v) is 11.5. The van der Waals surface area contributed by atoms with Crippen molar-refractivity contribution < 1.29 is 9.69 Å². The Morgan fingerprint density at radius 2 is 2.03 bits per heavy atom. The lowest BCUT2D eigenvalue weighted by Gasteiger charge is -2.25. The van der Waals surface area contributed by atoms with Crippen molar-refractivity contribution in [3.05, 3.63) is 86.3 Å². The zero-order valence-electron chi connectivity index (χ0n) is 17.2. The standard InChI is InChI=1S/C23H23ClN4O2S/c1-15-18(24)8-5-9-19(15)25-21(29)14-31-23-26-20-10-11-28(13-17(20)22(30)27-23)12-16-6-3-2-4-7-16/h2-9H,10-14H2,1H3,(H,25,29)(H,26,27,30)/p+1. The van der Waals surface area contributed by atoms with Crippen LogP contribution in [0.15, 0.2) is 58.5 Å². The van der Waals surface area contributed by atoms with Crippen LogP contribution in [0.2, 0.25) is 5.02 Å². The quantitative estimate of drug-likeness (QED) is 0.394. The fourth-order valence-electron chi connectivity index (χ4n) is 3.71. The van der Waals surface area contributed by atoms with Crippen LogP contribution in [-0.2, 0) is 24.3 Å². The molecule has 0 spiro atoms. The third kappa shape index (κ3) is 5.36. The van der Waals surface area contributed by atoms with Gasteiger partial charge < -0.3 is 15.2 Å². The predicted octanol–water partition coefficient (Wildman–Crippen LogP) is 2.60. The smallest absolute Gasteiger partial charge is 0.260 e. The van der Waals surface area contributed by atoms with Crippen molar-refractivity contribution in [2.24, 2.45) is 0 Å². The summed E-state index contributed by atoms with van der Waals surface area (Å²) in [6.45, 7) is 4.33. The Bertz CT molecular complexity index is 1150. The van der Waals surface area contributed by atoms with E-state index in [9.17, 15) is 9.59 Å². The van der Waals surface area contributed by atoms with Crippen LogP contribution in [-0.4, -0.2) is 28.2 Å². The Morgan fingerprint density at radius 1 is 1.23 bits per heavy atom. The summed E-state index contributed by atoms with van der Waals surface area (Å²) in [5.74, 6) is -0.0202. The molecule has 1 unspecified atom stereocenters. The number of carbonyl (C=O) groups is 1. The predicted molar refractivity (Wildman–Crippen MR) is 124 cm³/mol. The van der Waals surface area contributed by atoms with Gasteiger partial charge in [0.25, 0.3) is 5.56 Å². The lowest BCUT2D eigenvalue weighted by Crippen LogP contribution is -3.10. The second-order valence-corrected chi connectivity index (χ2v) is 9.01. The van der Waals surface area contributed by atoms with Crippen molar-refractivity contribution >= 4 is 35.0 Å². The summed E-state index contributed by atoms with van der Waals surface area (Å²) in [4.78, 5) is 33.8. The zero-order valence-corrected chi connectivity index (χ0v) is 18.8. The molecule has 3 aromatic rings. The lowest BCUT2D eigenvalue weighted by molar-refractivity contribution is -0.929. The van der Waals surface area contributed by atoms with Crippen molar-refractivity contribution in [2.75, 3.05) is 17.6 Å². The molecule has 0 fully saturated rings. The largest absolute Gasteiger partial charge is 0.327 e. The van der Waals surface area contributed by atoms with Gasteiger partial charge >= 0.3 is 0 Å². The van der Waals surface area contributed by atoms with Crippen molar-refractivity contribution in [3.8, 4) is 0 Å². The van der Waals surface area contributed by atoms with Crippen molar-refractivity contribution in [1.29, 1.82) is 0 Å². The van der Waals surface area contributed by atoms with Gasteiger partial charge in [-0.15, -0.1) is 0 Å². The summed E-state index contributed by atoms with van der Waals surface area (Å²) in [5.41, 5.74) is 4.26. The third-order valence-corrected chi connectivity index (χ3v) is 6.68.